The third-order valence-electron chi connectivity index (χ3n) is 3.33. The molecule has 0 aromatic heterocycles. The first-order chi connectivity index (χ1) is 11.4. The Bertz CT molecular complexity index is 665. The summed E-state index contributed by atoms with van der Waals surface area (Å²) in [5.74, 6) is 0.0614. The molecule has 8 heteroatoms. The van der Waals surface area contributed by atoms with Gasteiger partial charge in [-0.05, 0) is 24.5 Å². The van der Waals surface area contributed by atoms with Crippen LogP contribution in [0, 0.1) is 5.92 Å². The largest absolute Gasteiger partial charge is 0.325 e. The lowest BCUT2D eigenvalue weighted by molar-refractivity contribution is -0.122. The molecule has 0 saturated carbocycles. The zero-order valence-corrected chi connectivity index (χ0v) is 15.8. The summed E-state index contributed by atoms with van der Waals surface area (Å²) >= 11 is 13.2. The van der Waals surface area contributed by atoms with Crippen molar-refractivity contribution in [1.29, 1.82) is 0 Å². The van der Waals surface area contributed by atoms with Crippen LogP contribution in [-0.2, 0) is 9.59 Å². The first-order valence-corrected chi connectivity index (χ1v) is 9.26. The summed E-state index contributed by atoms with van der Waals surface area (Å²) in [4.78, 5) is 28.5. The van der Waals surface area contributed by atoms with E-state index in [1.807, 2.05) is 0 Å². The smallest absolute Gasteiger partial charge is 0.240 e. The van der Waals surface area contributed by atoms with Gasteiger partial charge >= 0.3 is 0 Å². The van der Waals surface area contributed by atoms with Crippen LogP contribution in [0.25, 0.3) is 0 Å². The first-order valence-electron chi connectivity index (χ1n) is 7.62. The Labute approximate surface area is 155 Å². The van der Waals surface area contributed by atoms with Gasteiger partial charge in [0.1, 0.15) is 5.25 Å². The maximum absolute atomic E-state index is 12.1. The number of carbonyl (C=O) groups is 2. The van der Waals surface area contributed by atoms with E-state index < -0.39 is 5.25 Å². The van der Waals surface area contributed by atoms with Crippen molar-refractivity contribution < 1.29 is 9.59 Å². The quantitative estimate of drug-likeness (QED) is 0.775. The van der Waals surface area contributed by atoms with Crippen LogP contribution in [0.5, 0.6) is 0 Å². The summed E-state index contributed by atoms with van der Waals surface area (Å²) in [7, 11) is 0. The van der Waals surface area contributed by atoms with Gasteiger partial charge in [-0.1, -0.05) is 54.9 Å². The van der Waals surface area contributed by atoms with Crippen LogP contribution in [0.3, 0.4) is 0 Å². The molecule has 1 fully saturated rings. The van der Waals surface area contributed by atoms with Gasteiger partial charge in [0.15, 0.2) is 5.17 Å². The van der Waals surface area contributed by atoms with Crippen molar-refractivity contribution in [2.45, 2.75) is 31.9 Å². The zero-order chi connectivity index (χ0) is 17.7. The van der Waals surface area contributed by atoms with Crippen molar-refractivity contribution in [3.05, 3.63) is 28.2 Å². The van der Waals surface area contributed by atoms with E-state index in [1.54, 1.807) is 18.2 Å². The average Bonchev–Trinajstić information content (AvgIpc) is 2.83. The molecule has 5 nitrogen and oxygen atoms in total. The van der Waals surface area contributed by atoms with Gasteiger partial charge < -0.3 is 10.6 Å². The fourth-order valence-electron chi connectivity index (χ4n) is 2.01. The first kappa shape index (κ1) is 19.1. The molecule has 0 spiro atoms. The highest BCUT2D eigenvalue weighted by Crippen LogP contribution is 2.30. The number of amidine groups is 1. The molecule has 1 aromatic carbocycles. The standard InChI is InChI=1S/C16H19Cl2N3O2S/c1-9(2)6-7-19-16-21-15(23)12(24-16)8-13(22)20-11-5-3-4-10(17)14(11)18/h3-5,9,12H,6-8H2,1-2H3,(H,20,22)(H,19,21,23)/t12-/m0/s1. The van der Waals surface area contributed by atoms with Gasteiger partial charge in [-0.25, -0.2) is 0 Å². The summed E-state index contributed by atoms with van der Waals surface area (Å²) in [6, 6.07) is 4.99. The van der Waals surface area contributed by atoms with E-state index in [-0.39, 0.29) is 23.3 Å². The molecule has 0 unspecified atom stereocenters. The third kappa shape index (κ3) is 5.40. The van der Waals surface area contributed by atoms with E-state index in [2.05, 4.69) is 29.5 Å². The van der Waals surface area contributed by atoms with Gasteiger partial charge in [0, 0.05) is 13.0 Å². The van der Waals surface area contributed by atoms with E-state index in [9.17, 15) is 9.59 Å². The predicted octanol–water partition coefficient (Wildman–Crippen LogP) is 3.96. The second-order valence-corrected chi connectivity index (χ2v) is 7.80. The molecule has 1 aromatic rings. The van der Waals surface area contributed by atoms with Crippen LogP contribution in [0.15, 0.2) is 23.2 Å². The number of rotatable bonds is 6. The maximum atomic E-state index is 12.1. The molecule has 24 heavy (non-hydrogen) atoms. The number of aliphatic imine (C=N–C) groups is 1. The highest BCUT2D eigenvalue weighted by Gasteiger charge is 2.32. The fraction of sp³-hybridized carbons (Fsp3) is 0.438. The Morgan fingerprint density at radius 1 is 1.42 bits per heavy atom. The second kappa shape index (κ2) is 8.74. The molecule has 1 atom stereocenters. The average molecular weight is 388 g/mol. The molecule has 1 aliphatic heterocycles. The van der Waals surface area contributed by atoms with Gasteiger partial charge in [0.25, 0.3) is 0 Å². The normalized spacial score (nSPS) is 19.0. The number of nitrogens with one attached hydrogen (secondary N) is 2. The van der Waals surface area contributed by atoms with Gasteiger partial charge in [0.2, 0.25) is 11.8 Å². The van der Waals surface area contributed by atoms with Crippen LogP contribution in [-0.4, -0.2) is 28.8 Å². The van der Waals surface area contributed by atoms with Gasteiger partial charge in [-0.15, -0.1) is 0 Å². The molecule has 1 saturated heterocycles. The SMILES string of the molecule is CC(C)CCN=C1NC(=O)[C@H](CC(=O)Nc2cccc(Cl)c2Cl)S1. The van der Waals surface area contributed by atoms with Gasteiger partial charge in [-0.3, -0.25) is 14.6 Å². The van der Waals surface area contributed by atoms with Crippen LogP contribution >= 0.6 is 35.0 Å². The number of benzene rings is 1. The molecule has 0 aliphatic carbocycles. The Morgan fingerprint density at radius 3 is 2.88 bits per heavy atom. The van der Waals surface area contributed by atoms with E-state index in [1.165, 1.54) is 11.8 Å². The molecule has 1 heterocycles. The van der Waals surface area contributed by atoms with Gasteiger partial charge in [-0.2, -0.15) is 0 Å². The van der Waals surface area contributed by atoms with Crippen molar-refractivity contribution >= 4 is 57.6 Å². The molecule has 2 rings (SSSR count). The van der Waals surface area contributed by atoms with Crippen LogP contribution < -0.4 is 10.6 Å². The number of carbonyl (C=O) groups excluding carboxylic acids is 2. The van der Waals surface area contributed by atoms with Crippen LogP contribution in [0.2, 0.25) is 10.0 Å². The Kier molecular flexibility index (Phi) is 6.95. The number of thioether (sulfide) groups is 1. The third-order valence-corrected chi connectivity index (χ3v) is 5.27. The highest BCUT2D eigenvalue weighted by molar-refractivity contribution is 8.15. The van der Waals surface area contributed by atoms with Gasteiger partial charge in [0.05, 0.1) is 15.7 Å². The Hall–Kier alpha value is -1.24. The summed E-state index contributed by atoms with van der Waals surface area (Å²) in [5.41, 5.74) is 0.434. The number of nitrogens with zero attached hydrogens (tertiary/aromatic N) is 1. The van der Waals surface area contributed by atoms with Crippen molar-refractivity contribution in [2.75, 3.05) is 11.9 Å². The fourth-order valence-corrected chi connectivity index (χ4v) is 3.35. The monoisotopic (exact) mass is 387 g/mol. The lowest BCUT2D eigenvalue weighted by atomic mass is 10.1. The molecule has 0 radical (unpaired) electrons. The summed E-state index contributed by atoms with van der Waals surface area (Å²) in [5, 5.41) is 6.14. The van der Waals surface area contributed by atoms with Crippen molar-refractivity contribution in [3.8, 4) is 0 Å². The van der Waals surface area contributed by atoms with E-state index in [0.717, 1.165) is 6.42 Å². The summed E-state index contributed by atoms with van der Waals surface area (Å²) in [6.45, 7) is 4.90. The lowest BCUT2D eigenvalue weighted by Gasteiger charge is -2.09. The van der Waals surface area contributed by atoms with Crippen molar-refractivity contribution in [1.82, 2.24) is 5.32 Å². The minimum absolute atomic E-state index is 0.0442. The molecule has 2 N–H and O–H groups in total. The number of halogens is 2. The number of hydrogen-bond donors (Lipinski definition) is 2. The van der Waals surface area contributed by atoms with E-state index in [0.29, 0.717) is 28.3 Å². The maximum Gasteiger partial charge on any atom is 0.240 e. The highest BCUT2D eigenvalue weighted by atomic mass is 35.5. The Balaban J connectivity index is 1.90. The Morgan fingerprint density at radius 2 is 2.17 bits per heavy atom. The molecular weight excluding hydrogens is 369 g/mol. The van der Waals surface area contributed by atoms with Crippen molar-refractivity contribution in [3.63, 3.8) is 0 Å². The molecule has 1 aliphatic rings. The molecule has 130 valence electrons. The second-order valence-electron chi connectivity index (χ2n) is 5.82. The molecule has 0 bridgehead atoms. The minimum Gasteiger partial charge on any atom is -0.325 e. The number of amides is 2. The van der Waals surface area contributed by atoms with Crippen molar-refractivity contribution in [2.24, 2.45) is 10.9 Å². The lowest BCUT2D eigenvalue weighted by Crippen LogP contribution is -2.28. The molecule has 2 amide bonds. The number of hydrogen-bond acceptors (Lipinski definition) is 4. The minimum atomic E-state index is -0.485. The molecular formula is C16H19Cl2N3O2S. The van der Waals surface area contributed by atoms with Crippen LogP contribution in [0.4, 0.5) is 5.69 Å². The number of anilines is 1. The van der Waals surface area contributed by atoms with E-state index >= 15 is 0 Å². The topological polar surface area (TPSA) is 70.6 Å². The predicted molar refractivity (Wildman–Crippen MR) is 101 cm³/mol. The van der Waals surface area contributed by atoms with E-state index in [4.69, 9.17) is 23.2 Å². The van der Waals surface area contributed by atoms with Crippen LogP contribution in [0.1, 0.15) is 26.7 Å². The summed E-state index contributed by atoms with van der Waals surface area (Å²) in [6.07, 6.45) is 1.00. The zero-order valence-electron chi connectivity index (χ0n) is 13.4. The summed E-state index contributed by atoms with van der Waals surface area (Å²) < 4.78 is 0.